The minimum atomic E-state index is -0.0982. The van der Waals surface area contributed by atoms with Crippen LogP contribution in [-0.4, -0.2) is 47.2 Å². The zero-order valence-electron chi connectivity index (χ0n) is 17.8. The van der Waals surface area contributed by atoms with Crippen molar-refractivity contribution in [1.29, 1.82) is 0 Å². The lowest BCUT2D eigenvalue weighted by Gasteiger charge is -2.28. The minimum absolute atomic E-state index is 0.0982. The van der Waals surface area contributed by atoms with Crippen LogP contribution in [0.15, 0.2) is 60.8 Å². The fraction of sp³-hybridized carbons (Fsp3) is 0.208. The lowest BCUT2D eigenvalue weighted by Crippen LogP contribution is -2.36. The Morgan fingerprint density at radius 2 is 1.69 bits per heavy atom. The molecule has 8 heteroatoms. The van der Waals surface area contributed by atoms with Crippen LogP contribution in [0.4, 0.5) is 23.0 Å². The Balaban J connectivity index is 1.41. The Bertz CT molecular complexity index is 1230. The summed E-state index contributed by atoms with van der Waals surface area (Å²) in [7, 11) is 0. The molecule has 0 saturated carbocycles. The smallest absolute Gasteiger partial charge is 0.229 e. The molecule has 0 spiro atoms. The van der Waals surface area contributed by atoms with Gasteiger partial charge in [0.15, 0.2) is 0 Å². The molecule has 1 saturated heterocycles. The van der Waals surface area contributed by atoms with Crippen LogP contribution in [-0.2, 0) is 9.53 Å². The molecular formula is C24H24N6O2. The number of carbonyl (C=O) groups is 1. The van der Waals surface area contributed by atoms with E-state index in [1.165, 1.54) is 12.6 Å². The third-order valence-electron chi connectivity index (χ3n) is 5.39. The Morgan fingerprint density at radius 1 is 0.969 bits per heavy atom. The van der Waals surface area contributed by atoms with Gasteiger partial charge in [0.2, 0.25) is 11.9 Å². The van der Waals surface area contributed by atoms with Crippen molar-refractivity contribution in [3.63, 3.8) is 0 Å². The molecule has 1 fully saturated rings. The molecule has 162 valence electrons. The molecule has 1 aliphatic rings. The molecule has 2 aromatic carbocycles. The van der Waals surface area contributed by atoms with Crippen LogP contribution < -0.4 is 15.5 Å². The first-order valence-electron chi connectivity index (χ1n) is 10.6. The number of rotatable bonds is 5. The molecule has 4 aromatic rings. The van der Waals surface area contributed by atoms with E-state index in [2.05, 4.69) is 37.6 Å². The summed E-state index contributed by atoms with van der Waals surface area (Å²) in [5.74, 6) is 0.416. The van der Waals surface area contributed by atoms with Gasteiger partial charge < -0.3 is 25.3 Å². The molecule has 0 aliphatic carbocycles. The molecule has 0 unspecified atom stereocenters. The number of benzene rings is 2. The predicted molar refractivity (Wildman–Crippen MR) is 126 cm³/mol. The molecule has 3 heterocycles. The number of fused-ring (bicyclic) bond motifs is 1. The zero-order chi connectivity index (χ0) is 21.9. The van der Waals surface area contributed by atoms with Crippen LogP contribution in [0, 0.1) is 0 Å². The van der Waals surface area contributed by atoms with Gasteiger partial charge in [0.05, 0.1) is 18.9 Å². The summed E-state index contributed by atoms with van der Waals surface area (Å²) in [5, 5.41) is 7.04. The first-order valence-corrected chi connectivity index (χ1v) is 10.6. The van der Waals surface area contributed by atoms with E-state index in [9.17, 15) is 4.79 Å². The van der Waals surface area contributed by atoms with Crippen molar-refractivity contribution in [2.45, 2.75) is 6.92 Å². The van der Waals surface area contributed by atoms with Crippen molar-refractivity contribution in [1.82, 2.24) is 15.0 Å². The van der Waals surface area contributed by atoms with E-state index in [1.54, 1.807) is 0 Å². The molecule has 5 rings (SSSR count). The summed E-state index contributed by atoms with van der Waals surface area (Å²) in [6, 6.07) is 17.9. The first kappa shape index (κ1) is 20.0. The van der Waals surface area contributed by atoms with Gasteiger partial charge >= 0.3 is 0 Å². The van der Waals surface area contributed by atoms with Crippen LogP contribution in [0.25, 0.3) is 22.3 Å². The summed E-state index contributed by atoms with van der Waals surface area (Å²) < 4.78 is 5.43. The number of amides is 1. The second kappa shape index (κ2) is 8.68. The van der Waals surface area contributed by atoms with Gasteiger partial charge in [-0.05, 0) is 42.5 Å². The highest BCUT2D eigenvalue weighted by Gasteiger charge is 2.13. The minimum Gasteiger partial charge on any atom is -0.378 e. The van der Waals surface area contributed by atoms with Gasteiger partial charge in [-0.15, -0.1) is 0 Å². The van der Waals surface area contributed by atoms with Crippen molar-refractivity contribution >= 4 is 40.0 Å². The lowest BCUT2D eigenvalue weighted by atomic mass is 10.1. The van der Waals surface area contributed by atoms with Gasteiger partial charge in [-0.2, -0.15) is 4.98 Å². The fourth-order valence-corrected chi connectivity index (χ4v) is 3.84. The Morgan fingerprint density at radius 3 is 2.41 bits per heavy atom. The van der Waals surface area contributed by atoms with Gasteiger partial charge in [-0.25, -0.2) is 4.98 Å². The Labute approximate surface area is 185 Å². The first-order chi connectivity index (χ1) is 15.7. The number of ether oxygens (including phenoxy) is 1. The summed E-state index contributed by atoms with van der Waals surface area (Å²) >= 11 is 0. The largest absolute Gasteiger partial charge is 0.378 e. The summed E-state index contributed by atoms with van der Waals surface area (Å²) in [6.07, 6.45) is 1.86. The van der Waals surface area contributed by atoms with Crippen LogP contribution in [0.1, 0.15) is 6.92 Å². The van der Waals surface area contributed by atoms with E-state index in [0.717, 1.165) is 60.0 Å². The van der Waals surface area contributed by atoms with Crippen molar-refractivity contribution in [2.24, 2.45) is 0 Å². The highest BCUT2D eigenvalue weighted by Crippen LogP contribution is 2.29. The van der Waals surface area contributed by atoms with Gasteiger partial charge in [0.1, 0.15) is 5.65 Å². The average Bonchev–Trinajstić information content (AvgIpc) is 3.29. The van der Waals surface area contributed by atoms with Gasteiger partial charge in [0.25, 0.3) is 0 Å². The van der Waals surface area contributed by atoms with Crippen molar-refractivity contribution < 1.29 is 9.53 Å². The number of morpholine rings is 1. The Kier molecular flexibility index (Phi) is 5.43. The molecule has 0 bridgehead atoms. The number of nitrogens with one attached hydrogen (secondary N) is 3. The molecule has 1 amide bonds. The maximum atomic E-state index is 11.3. The molecule has 32 heavy (non-hydrogen) atoms. The highest BCUT2D eigenvalue weighted by molar-refractivity contribution is 5.93. The van der Waals surface area contributed by atoms with E-state index in [0.29, 0.717) is 5.95 Å². The van der Waals surface area contributed by atoms with E-state index in [1.807, 2.05) is 48.7 Å². The molecule has 2 aromatic heterocycles. The number of anilines is 4. The quantitative estimate of drug-likeness (QED) is 0.442. The normalized spacial score (nSPS) is 13.8. The SMILES string of the molecule is CC(=O)Nc1ccc(-c2nc(Nc3ccc(N4CCOCC4)cc3)nc3[nH]ccc23)cc1. The monoisotopic (exact) mass is 428 g/mol. The number of aromatic amines is 1. The van der Waals surface area contributed by atoms with Crippen LogP contribution >= 0.6 is 0 Å². The molecule has 1 aliphatic heterocycles. The maximum absolute atomic E-state index is 11.3. The molecule has 0 atom stereocenters. The summed E-state index contributed by atoms with van der Waals surface area (Å²) in [4.78, 5) is 26.2. The number of hydrogen-bond donors (Lipinski definition) is 3. The second-order valence-corrected chi connectivity index (χ2v) is 7.67. The van der Waals surface area contributed by atoms with Gasteiger partial charge in [-0.3, -0.25) is 4.79 Å². The van der Waals surface area contributed by atoms with E-state index in [4.69, 9.17) is 9.72 Å². The highest BCUT2D eigenvalue weighted by atomic mass is 16.5. The van der Waals surface area contributed by atoms with Crippen LogP contribution in [0.2, 0.25) is 0 Å². The van der Waals surface area contributed by atoms with E-state index >= 15 is 0 Å². The third kappa shape index (κ3) is 4.26. The number of H-pyrrole nitrogens is 1. The van der Waals surface area contributed by atoms with Gasteiger partial charge in [-0.1, -0.05) is 12.1 Å². The van der Waals surface area contributed by atoms with Crippen LogP contribution in [0.5, 0.6) is 0 Å². The Hall–Kier alpha value is -3.91. The summed E-state index contributed by atoms with van der Waals surface area (Å²) in [5.41, 5.74) is 5.36. The van der Waals surface area contributed by atoms with Crippen molar-refractivity contribution in [3.8, 4) is 11.3 Å². The van der Waals surface area contributed by atoms with Crippen LogP contribution in [0.3, 0.4) is 0 Å². The maximum Gasteiger partial charge on any atom is 0.229 e. The molecular weight excluding hydrogens is 404 g/mol. The number of hydrogen-bond acceptors (Lipinski definition) is 6. The van der Waals surface area contributed by atoms with E-state index in [-0.39, 0.29) is 5.91 Å². The third-order valence-corrected chi connectivity index (χ3v) is 5.39. The molecule has 0 radical (unpaired) electrons. The number of carbonyl (C=O) groups excluding carboxylic acids is 1. The lowest BCUT2D eigenvalue weighted by molar-refractivity contribution is -0.114. The fourth-order valence-electron chi connectivity index (χ4n) is 3.84. The molecule has 8 nitrogen and oxygen atoms in total. The standard InChI is InChI=1S/C24H24N6O2/c1-16(31)26-18-4-2-17(3-5-18)22-21-10-11-25-23(21)29-24(28-22)27-19-6-8-20(9-7-19)30-12-14-32-15-13-30/h2-11H,12-15H2,1H3,(H,26,31)(H2,25,27,28,29). The van der Waals surface area contributed by atoms with Crippen molar-refractivity contribution in [2.75, 3.05) is 41.8 Å². The van der Waals surface area contributed by atoms with Gasteiger partial charge in [0, 0.05) is 54.2 Å². The number of nitrogens with zero attached hydrogens (tertiary/aromatic N) is 3. The second-order valence-electron chi connectivity index (χ2n) is 7.67. The topological polar surface area (TPSA) is 95.2 Å². The van der Waals surface area contributed by atoms with Crippen molar-refractivity contribution in [3.05, 3.63) is 60.8 Å². The zero-order valence-corrected chi connectivity index (χ0v) is 17.8. The summed E-state index contributed by atoms with van der Waals surface area (Å²) in [6.45, 7) is 4.83. The van der Waals surface area contributed by atoms with E-state index < -0.39 is 0 Å². The number of aromatic nitrogens is 3. The average molecular weight is 428 g/mol. The predicted octanol–water partition coefficient (Wildman–Crippen LogP) is 4.16. The molecule has 3 N–H and O–H groups in total.